The first-order valence-corrected chi connectivity index (χ1v) is 15.1. The van der Waals surface area contributed by atoms with E-state index in [-0.39, 0.29) is 46.7 Å². The summed E-state index contributed by atoms with van der Waals surface area (Å²) < 4.78 is 16.0. The SMILES string of the molecule is COC(=O)C1=C(CCc2ccccc2OC)N=C(CC(=O)N2CCN(CCO)CC2)C(C(=O)OC)C1c1c(Cl)cccc1Cl. The van der Waals surface area contributed by atoms with Crippen molar-refractivity contribution in [1.29, 1.82) is 0 Å². The highest BCUT2D eigenvalue weighted by Gasteiger charge is 2.46. The number of aliphatic hydroxyl groups is 1. The van der Waals surface area contributed by atoms with E-state index < -0.39 is 23.8 Å². The number of halogens is 2. The Hall–Kier alpha value is -3.44. The molecule has 0 aliphatic carbocycles. The molecule has 1 saturated heterocycles. The maximum atomic E-state index is 13.7. The monoisotopic (exact) mass is 645 g/mol. The number of hydrogen-bond acceptors (Lipinski definition) is 9. The quantitative estimate of drug-likeness (QED) is 0.366. The Kier molecular flexibility index (Phi) is 11.8. The fourth-order valence-corrected chi connectivity index (χ4v) is 6.48. The van der Waals surface area contributed by atoms with E-state index in [1.54, 1.807) is 30.2 Å². The van der Waals surface area contributed by atoms with Gasteiger partial charge in [0, 0.05) is 54.4 Å². The van der Waals surface area contributed by atoms with Crippen LogP contribution in [0, 0.1) is 5.92 Å². The Morgan fingerprint density at radius 1 is 0.932 bits per heavy atom. The van der Waals surface area contributed by atoms with Gasteiger partial charge in [-0.1, -0.05) is 47.5 Å². The lowest BCUT2D eigenvalue weighted by atomic mass is 9.73. The number of aliphatic imine (C=N–C) groups is 1. The predicted octanol–water partition coefficient (Wildman–Crippen LogP) is 3.92. The number of benzene rings is 2. The van der Waals surface area contributed by atoms with Crippen LogP contribution < -0.4 is 4.74 Å². The highest BCUT2D eigenvalue weighted by molar-refractivity contribution is 6.36. The molecule has 0 aromatic heterocycles. The van der Waals surface area contributed by atoms with Crippen molar-refractivity contribution < 1.29 is 33.7 Å². The minimum atomic E-state index is -1.17. The Bertz CT molecular complexity index is 1420. The fraction of sp³-hybridized carbons (Fsp3) is 0.438. The highest BCUT2D eigenvalue weighted by atomic mass is 35.5. The number of β-amino-alcohol motifs (C(OH)–C–C–N with tert-alkyl or cyclic N) is 1. The zero-order valence-electron chi connectivity index (χ0n) is 25.1. The standard InChI is InChI=1S/C32H37Cl2N3O7/c1-42-25-10-5-4-7-20(25)11-12-23-28(31(40)43-2)30(27-21(33)8-6-9-22(27)34)29(32(41)44-3)24(35-23)19-26(39)37-15-13-36(14-16-37)17-18-38/h4-10,29-30,38H,11-19H2,1-3H3. The minimum Gasteiger partial charge on any atom is -0.496 e. The third kappa shape index (κ3) is 7.43. The number of esters is 2. The summed E-state index contributed by atoms with van der Waals surface area (Å²) in [4.78, 5) is 49.4. The number of aryl methyl sites for hydroxylation is 1. The van der Waals surface area contributed by atoms with Crippen LogP contribution in [-0.2, 0) is 30.3 Å². The second-order valence-corrected chi connectivity index (χ2v) is 11.3. The Labute approximate surface area is 267 Å². The molecule has 2 aliphatic rings. The summed E-state index contributed by atoms with van der Waals surface area (Å²) in [5.74, 6) is -3.09. The first-order valence-electron chi connectivity index (χ1n) is 14.4. The van der Waals surface area contributed by atoms with Crippen molar-refractivity contribution in [3.63, 3.8) is 0 Å². The fourth-order valence-electron chi connectivity index (χ4n) is 5.85. The number of hydrogen-bond donors (Lipinski definition) is 1. The van der Waals surface area contributed by atoms with Crippen molar-refractivity contribution >= 4 is 46.8 Å². The predicted molar refractivity (Wildman–Crippen MR) is 167 cm³/mol. The van der Waals surface area contributed by atoms with Gasteiger partial charge in [0.25, 0.3) is 0 Å². The molecule has 2 aromatic rings. The number of ether oxygens (including phenoxy) is 3. The van der Waals surface area contributed by atoms with Gasteiger partial charge >= 0.3 is 11.9 Å². The van der Waals surface area contributed by atoms with Gasteiger partial charge in [-0.05, 0) is 42.2 Å². The lowest BCUT2D eigenvalue weighted by Gasteiger charge is -2.36. The van der Waals surface area contributed by atoms with Gasteiger partial charge in [0.15, 0.2) is 0 Å². The van der Waals surface area contributed by atoms with Crippen molar-refractivity contribution in [2.75, 3.05) is 60.7 Å². The summed E-state index contributed by atoms with van der Waals surface area (Å²) in [5.41, 5.74) is 1.98. The molecule has 44 heavy (non-hydrogen) atoms. The van der Waals surface area contributed by atoms with E-state index in [1.807, 2.05) is 24.3 Å². The second-order valence-electron chi connectivity index (χ2n) is 10.5. The van der Waals surface area contributed by atoms with Crippen LogP contribution in [0.25, 0.3) is 0 Å². The Morgan fingerprint density at radius 2 is 1.61 bits per heavy atom. The van der Waals surface area contributed by atoms with Crippen LogP contribution in [0.2, 0.25) is 10.0 Å². The summed E-state index contributed by atoms with van der Waals surface area (Å²) in [7, 11) is 4.08. The normalized spacial score (nSPS) is 19.0. The van der Waals surface area contributed by atoms with Crippen LogP contribution in [0.1, 0.15) is 29.9 Å². The molecular weight excluding hydrogens is 609 g/mol. The van der Waals surface area contributed by atoms with Gasteiger partial charge in [0.05, 0.1) is 45.6 Å². The number of methoxy groups -OCH3 is 3. The molecule has 10 nitrogen and oxygen atoms in total. The molecule has 236 valence electrons. The summed E-state index contributed by atoms with van der Waals surface area (Å²) in [6, 6.07) is 12.4. The second kappa shape index (κ2) is 15.5. The molecule has 1 fully saturated rings. The average molecular weight is 647 g/mol. The number of piperazine rings is 1. The third-order valence-corrected chi connectivity index (χ3v) is 8.72. The first kappa shape index (κ1) is 33.5. The molecule has 0 radical (unpaired) electrons. The molecule has 12 heteroatoms. The van der Waals surface area contributed by atoms with Crippen molar-refractivity contribution in [2.24, 2.45) is 10.9 Å². The lowest BCUT2D eigenvalue weighted by molar-refractivity contribution is -0.143. The van der Waals surface area contributed by atoms with Gasteiger partial charge < -0.3 is 24.2 Å². The summed E-state index contributed by atoms with van der Waals surface area (Å²) in [6.45, 7) is 2.76. The van der Waals surface area contributed by atoms with Gasteiger partial charge in [0.1, 0.15) is 11.7 Å². The number of para-hydroxylation sites is 1. The van der Waals surface area contributed by atoms with E-state index >= 15 is 0 Å². The van der Waals surface area contributed by atoms with Crippen molar-refractivity contribution in [3.05, 3.63) is 74.9 Å². The molecule has 4 rings (SSSR count). The van der Waals surface area contributed by atoms with Crippen LogP contribution in [0.5, 0.6) is 5.75 Å². The number of rotatable bonds is 11. The van der Waals surface area contributed by atoms with Gasteiger partial charge in [-0.2, -0.15) is 0 Å². The van der Waals surface area contributed by atoms with Crippen LogP contribution in [0.4, 0.5) is 0 Å². The molecular formula is C32H37Cl2N3O7. The molecule has 0 bridgehead atoms. The number of carbonyl (C=O) groups is 3. The van der Waals surface area contributed by atoms with Gasteiger partial charge in [0.2, 0.25) is 5.91 Å². The lowest BCUT2D eigenvalue weighted by Crippen LogP contribution is -2.50. The maximum absolute atomic E-state index is 13.7. The van der Waals surface area contributed by atoms with Crippen molar-refractivity contribution in [1.82, 2.24) is 9.80 Å². The van der Waals surface area contributed by atoms with Gasteiger partial charge in [-0.25, -0.2) is 4.79 Å². The van der Waals surface area contributed by atoms with Crippen molar-refractivity contribution in [2.45, 2.75) is 25.2 Å². The molecule has 2 unspecified atom stereocenters. The van der Waals surface area contributed by atoms with Crippen LogP contribution >= 0.6 is 23.2 Å². The maximum Gasteiger partial charge on any atom is 0.336 e. The van der Waals surface area contributed by atoms with E-state index in [1.165, 1.54) is 14.2 Å². The highest BCUT2D eigenvalue weighted by Crippen LogP contribution is 2.46. The molecule has 2 atom stereocenters. The molecule has 1 amide bonds. The first-order chi connectivity index (χ1) is 21.2. The van der Waals surface area contributed by atoms with Crippen LogP contribution in [-0.4, -0.2) is 99.1 Å². The topological polar surface area (TPSA) is 118 Å². The summed E-state index contributed by atoms with van der Waals surface area (Å²) in [5, 5.41) is 9.77. The van der Waals surface area contributed by atoms with E-state index in [2.05, 4.69) is 4.90 Å². The smallest absolute Gasteiger partial charge is 0.336 e. The van der Waals surface area contributed by atoms with E-state index in [9.17, 15) is 19.5 Å². The summed E-state index contributed by atoms with van der Waals surface area (Å²) in [6.07, 6.45) is 0.545. The zero-order valence-corrected chi connectivity index (χ0v) is 26.6. The average Bonchev–Trinajstić information content (AvgIpc) is 3.03. The molecule has 1 N–H and O–H groups in total. The number of carbonyl (C=O) groups excluding carboxylic acids is 3. The minimum absolute atomic E-state index is 0.0457. The van der Waals surface area contributed by atoms with Gasteiger partial charge in [-0.3, -0.25) is 19.5 Å². The van der Waals surface area contributed by atoms with Crippen LogP contribution in [0.15, 0.2) is 58.7 Å². The molecule has 2 aliphatic heterocycles. The third-order valence-electron chi connectivity index (χ3n) is 8.06. The Balaban J connectivity index is 1.82. The summed E-state index contributed by atoms with van der Waals surface area (Å²) >= 11 is 13.4. The largest absolute Gasteiger partial charge is 0.496 e. The number of aliphatic hydroxyl groups excluding tert-OH is 1. The molecule has 0 spiro atoms. The zero-order chi connectivity index (χ0) is 31.8. The molecule has 0 saturated carbocycles. The van der Waals surface area contributed by atoms with E-state index in [0.29, 0.717) is 56.2 Å². The van der Waals surface area contributed by atoms with E-state index in [4.69, 9.17) is 42.4 Å². The van der Waals surface area contributed by atoms with Crippen molar-refractivity contribution in [3.8, 4) is 5.75 Å². The number of amides is 1. The van der Waals surface area contributed by atoms with Gasteiger partial charge in [-0.15, -0.1) is 0 Å². The van der Waals surface area contributed by atoms with E-state index in [0.717, 1.165) is 5.56 Å². The number of nitrogens with zero attached hydrogens (tertiary/aromatic N) is 3. The van der Waals surface area contributed by atoms with Crippen LogP contribution in [0.3, 0.4) is 0 Å². The Morgan fingerprint density at radius 3 is 2.23 bits per heavy atom. The number of allylic oxidation sites excluding steroid dienone is 1. The molecule has 2 heterocycles. The molecule has 2 aromatic carbocycles.